The smallest absolute Gasteiger partial charge is 0.254 e. The van der Waals surface area contributed by atoms with Crippen LogP contribution in [0.4, 0.5) is 0 Å². The maximum absolute atomic E-state index is 13.4. The van der Waals surface area contributed by atoms with Crippen molar-refractivity contribution in [1.29, 1.82) is 0 Å². The lowest BCUT2D eigenvalue weighted by atomic mass is 10.1. The van der Waals surface area contributed by atoms with Gasteiger partial charge < -0.3 is 19.1 Å². The Hall–Kier alpha value is -3.80. The molecule has 0 fully saturated rings. The van der Waals surface area contributed by atoms with Crippen molar-refractivity contribution in [3.8, 4) is 5.75 Å². The molecule has 0 saturated heterocycles. The number of hydrogen-bond donors (Lipinski definition) is 0. The third kappa shape index (κ3) is 5.88. The number of rotatable bonds is 10. The number of aromatic nitrogens is 1. The van der Waals surface area contributed by atoms with E-state index in [1.807, 2.05) is 60.3 Å². The molecule has 2 aromatic carbocycles. The van der Waals surface area contributed by atoms with Crippen LogP contribution in [0.5, 0.6) is 5.75 Å². The molecular weight excluding hydrogens is 402 g/mol. The van der Waals surface area contributed by atoms with Gasteiger partial charge in [0.05, 0.1) is 13.7 Å². The molecule has 0 radical (unpaired) electrons. The van der Waals surface area contributed by atoms with E-state index >= 15 is 0 Å². The first-order valence-electron chi connectivity index (χ1n) is 10.5. The maximum Gasteiger partial charge on any atom is 0.254 e. The molecule has 0 aliphatic carbocycles. The van der Waals surface area contributed by atoms with Gasteiger partial charge in [0.1, 0.15) is 12.3 Å². The Labute approximate surface area is 189 Å². The van der Waals surface area contributed by atoms with Crippen LogP contribution in [0.25, 0.3) is 0 Å². The third-order valence-corrected chi connectivity index (χ3v) is 5.25. The summed E-state index contributed by atoms with van der Waals surface area (Å²) in [6.45, 7) is 4.89. The third-order valence-electron chi connectivity index (χ3n) is 5.25. The summed E-state index contributed by atoms with van der Waals surface area (Å²) in [6.07, 6.45) is 3.58. The average Bonchev–Trinajstić information content (AvgIpc) is 3.22. The Morgan fingerprint density at radius 3 is 2.44 bits per heavy atom. The van der Waals surface area contributed by atoms with E-state index in [-0.39, 0.29) is 24.9 Å². The lowest BCUT2D eigenvalue weighted by Gasteiger charge is -2.27. The monoisotopic (exact) mass is 431 g/mol. The molecule has 1 aromatic heterocycles. The van der Waals surface area contributed by atoms with Gasteiger partial charge in [-0.25, -0.2) is 0 Å². The van der Waals surface area contributed by atoms with E-state index in [0.29, 0.717) is 24.4 Å². The van der Waals surface area contributed by atoms with Gasteiger partial charge in [-0.15, -0.1) is 6.58 Å². The fraction of sp³-hybridized carbons (Fsp3) is 0.231. The first-order chi connectivity index (χ1) is 15.5. The van der Waals surface area contributed by atoms with Gasteiger partial charge in [-0.3, -0.25) is 9.59 Å². The maximum atomic E-state index is 13.4. The van der Waals surface area contributed by atoms with Crippen LogP contribution in [0, 0.1) is 0 Å². The molecule has 166 valence electrons. The summed E-state index contributed by atoms with van der Waals surface area (Å²) in [5, 5.41) is 0. The second-order valence-corrected chi connectivity index (χ2v) is 7.55. The van der Waals surface area contributed by atoms with E-state index in [0.717, 1.165) is 11.3 Å². The minimum atomic E-state index is -0.240. The molecule has 0 unspecified atom stereocenters. The number of aryl methyl sites for hydroxylation is 1. The van der Waals surface area contributed by atoms with E-state index < -0.39 is 0 Å². The molecule has 3 aromatic rings. The Kier molecular flexibility index (Phi) is 7.86. The van der Waals surface area contributed by atoms with Gasteiger partial charge in [0.15, 0.2) is 0 Å². The summed E-state index contributed by atoms with van der Waals surface area (Å²) >= 11 is 0. The summed E-state index contributed by atoms with van der Waals surface area (Å²) in [4.78, 5) is 29.8. The zero-order chi connectivity index (χ0) is 22.9. The quantitative estimate of drug-likeness (QED) is 0.458. The molecule has 2 amide bonds. The van der Waals surface area contributed by atoms with Crippen molar-refractivity contribution in [2.24, 2.45) is 7.05 Å². The second-order valence-electron chi connectivity index (χ2n) is 7.55. The van der Waals surface area contributed by atoms with Gasteiger partial charge in [0.25, 0.3) is 5.91 Å². The van der Waals surface area contributed by atoms with Crippen LogP contribution in [-0.2, 0) is 24.9 Å². The summed E-state index contributed by atoms with van der Waals surface area (Å²) in [7, 11) is 3.51. The van der Waals surface area contributed by atoms with Gasteiger partial charge in [0, 0.05) is 37.6 Å². The highest BCUT2D eigenvalue weighted by molar-refractivity contribution is 5.97. The normalized spacial score (nSPS) is 10.4. The van der Waals surface area contributed by atoms with Gasteiger partial charge in [-0.2, -0.15) is 0 Å². The number of nitrogens with zero attached hydrogens (tertiary/aromatic N) is 3. The van der Waals surface area contributed by atoms with Crippen molar-refractivity contribution in [3.05, 3.63) is 102 Å². The molecule has 0 N–H and O–H groups in total. The van der Waals surface area contributed by atoms with E-state index in [2.05, 4.69) is 6.58 Å². The van der Waals surface area contributed by atoms with Crippen molar-refractivity contribution >= 4 is 11.8 Å². The Morgan fingerprint density at radius 1 is 1.00 bits per heavy atom. The van der Waals surface area contributed by atoms with Crippen LogP contribution in [0.2, 0.25) is 0 Å². The molecule has 0 saturated carbocycles. The van der Waals surface area contributed by atoms with Gasteiger partial charge in [-0.1, -0.05) is 42.5 Å². The van der Waals surface area contributed by atoms with Gasteiger partial charge in [-0.05, 0) is 35.9 Å². The largest absolute Gasteiger partial charge is 0.497 e. The van der Waals surface area contributed by atoms with Crippen molar-refractivity contribution in [1.82, 2.24) is 14.4 Å². The number of carbonyl (C=O) groups excluding carboxylic acids is 2. The van der Waals surface area contributed by atoms with Crippen molar-refractivity contribution in [2.75, 3.05) is 20.2 Å². The van der Waals surface area contributed by atoms with Crippen LogP contribution in [0.1, 0.15) is 21.6 Å². The minimum absolute atomic E-state index is 0.0423. The fourth-order valence-corrected chi connectivity index (χ4v) is 3.47. The number of benzene rings is 2. The number of hydrogen-bond acceptors (Lipinski definition) is 3. The zero-order valence-electron chi connectivity index (χ0n) is 18.6. The molecule has 6 nitrogen and oxygen atoms in total. The molecule has 3 rings (SSSR count). The Balaban J connectivity index is 1.81. The molecule has 0 bridgehead atoms. The predicted octanol–water partition coefficient (Wildman–Crippen LogP) is 3.89. The van der Waals surface area contributed by atoms with E-state index in [1.165, 1.54) is 4.90 Å². The molecule has 1 heterocycles. The Morgan fingerprint density at radius 2 is 1.78 bits per heavy atom. The average molecular weight is 432 g/mol. The molecule has 0 aliphatic rings. The molecule has 6 heteroatoms. The molecule has 0 atom stereocenters. The molecular formula is C26H29N3O3. The molecule has 32 heavy (non-hydrogen) atoms. The van der Waals surface area contributed by atoms with Crippen molar-refractivity contribution in [2.45, 2.75) is 13.1 Å². The van der Waals surface area contributed by atoms with Crippen LogP contribution >= 0.6 is 0 Å². The Bertz CT molecular complexity index is 1060. The van der Waals surface area contributed by atoms with Crippen LogP contribution in [-0.4, -0.2) is 46.4 Å². The topological polar surface area (TPSA) is 54.8 Å². The van der Waals surface area contributed by atoms with Crippen molar-refractivity contribution in [3.63, 3.8) is 0 Å². The predicted molar refractivity (Wildman–Crippen MR) is 125 cm³/mol. The fourth-order valence-electron chi connectivity index (χ4n) is 3.47. The summed E-state index contributed by atoms with van der Waals surface area (Å²) in [5.74, 6) is 0.221. The first-order valence-corrected chi connectivity index (χ1v) is 10.5. The van der Waals surface area contributed by atoms with Crippen LogP contribution < -0.4 is 4.74 Å². The molecule has 0 spiro atoms. The lowest BCUT2D eigenvalue weighted by molar-refractivity contribution is -0.133. The highest BCUT2D eigenvalue weighted by Crippen LogP contribution is 2.16. The van der Waals surface area contributed by atoms with Crippen LogP contribution in [0.3, 0.4) is 0 Å². The van der Waals surface area contributed by atoms with Crippen molar-refractivity contribution < 1.29 is 14.3 Å². The van der Waals surface area contributed by atoms with Gasteiger partial charge in [0.2, 0.25) is 5.91 Å². The number of amides is 2. The minimum Gasteiger partial charge on any atom is -0.497 e. The SMILES string of the molecule is C=CCN(CC(=O)N(Cc1ccccc1)Cc1cccn1C)C(=O)c1cccc(OC)c1. The number of methoxy groups -OCH3 is 1. The van der Waals surface area contributed by atoms with E-state index in [1.54, 1.807) is 42.4 Å². The zero-order valence-corrected chi connectivity index (χ0v) is 18.6. The van der Waals surface area contributed by atoms with E-state index in [4.69, 9.17) is 4.74 Å². The highest BCUT2D eigenvalue weighted by atomic mass is 16.5. The van der Waals surface area contributed by atoms with Crippen LogP contribution in [0.15, 0.2) is 85.6 Å². The lowest BCUT2D eigenvalue weighted by Crippen LogP contribution is -2.42. The highest BCUT2D eigenvalue weighted by Gasteiger charge is 2.23. The summed E-state index contributed by atoms with van der Waals surface area (Å²) in [5.41, 5.74) is 2.52. The second kappa shape index (κ2) is 11.0. The van der Waals surface area contributed by atoms with E-state index in [9.17, 15) is 9.59 Å². The number of ether oxygens (including phenoxy) is 1. The number of carbonyl (C=O) groups is 2. The molecule has 0 aliphatic heterocycles. The first kappa shape index (κ1) is 22.9. The summed E-state index contributed by atoms with van der Waals surface area (Å²) in [6, 6.07) is 20.7. The summed E-state index contributed by atoms with van der Waals surface area (Å²) < 4.78 is 7.23. The standard InChI is InChI=1S/C26H29N3O3/c1-4-15-28(26(31)22-12-8-14-24(17-22)32-3)20-25(30)29(18-21-10-6-5-7-11-21)19-23-13-9-16-27(23)2/h4-14,16-17H,1,15,18-20H2,2-3H3. The van der Waals surface area contributed by atoms with Gasteiger partial charge >= 0.3 is 0 Å².